The third-order valence-corrected chi connectivity index (χ3v) is 10.7. The first-order chi connectivity index (χ1) is 22.2. The number of carbonyl (C=O) groups is 1. The lowest BCUT2D eigenvalue weighted by atomic mass is 9.95. The lowest BCUT2D eigenvalue weighted by Crippen LogP contribution is -2.44. The molecule has 1 aromatic heterocycles. The van der Waals surface area contributed by atoms with Gasteiger partial charge in [-0.05, 0) is 68.2 Å². The van der Waals surface area contributed by atoms with E-state index >= 15 is 4.39 Å². The number of phenolic OH excluding ortho intramolecular Hbond substituents is 1. The van der Waals surface area contributed by atoms with Crippen molar-refractivity contribution in [3.8, 4) is 11.8 Å². The number of rotatable bonds is 7. The number of hydrogen-bond donors (Lipinski definition) is 2. The van der Waals surface area contributed by atoms with Crippen molar-refractivity contribution in [2.24, 2.45) is 5.92 Å². The molecule has 3 aromatic rings. The summed E-state index contributed by atoms with van der Waals surface area (Å²) in [5.41, 5.74) is 2.72. The van der Waals surface area contributed by atoms with Crippen LogP contribution in [0.25, 0.3) is 10.8 Å². The smallest absolute Gasteiger partial charge is 0.318 e. The largest absolute Gasteiger partial charge is 0.508 e. The maximum Gasteiger partial charge on any atom is 0.318 e. The number of hydrogen-bond acceptors (Lipinski definition) is 8. The summed E-state index contributed by atoms with van der Waals surface area (Å²) >= 11 is 0. The Hall–Kier alpha value is -3.73. The Morgan fingerprint density at radius 1 is 1.09 bits per heavy atom. The summed E-state index contributed by atoms with van der Waals surface area (Å²) in [7, 11) is 0. The molecule has 5 heterocycles. The third kappa shape index (κ3) is 5.71. The van der Waals surface area contributed by atoms with Gasteiger partial charge in [0.25, 0.3) is 0 Å². The van der Waals surface area contributed by atoms with Crippen LogP contribution in [-0.4, -0.2) is 82.1 Å². The minimum absolute atomic E-state index is 0.109. The van der Waals surface area contributed by atoms with Gasteiger partial charge in [0.2, 0.25) is 0 Å². The van der Waals surface area contributed by atoms with Crippen LogP contribution in [0.15, 0.2) is 24.3 Å². The Bertz CT molecular complexity index is 1640. The normalized spacial score (nSPS) is 25.3. The number of aryl methyl sites for hydroxylation is 1. The maximum absolute atomic E-state index is 15.0. The maximum atomic E-state index is 15.0. The summed E-state index contributed by atoms with van der Waals surface area (Å²) in [6.07, 6.45) is 5.94. The molecule has 3 fully saturated rings. The van der Waals surface area contributed by atoms with Crippen molar-refractivity contribution in [1.82, 2.24) is 14.9 Å². The van der Waals surface area contributed by atoms with Crippen molar-refractivity contribution >= 4 is 28.2 Å². The van der Waals surface area contributed by atoms with Gasteiger partial charge in [-0.25, -0.2) is 8.78 Å². The van der Waals surface area contributed by atoms with Crippen molar-refractivity contribution in [1.29, 1.82) is 0 Å². The van der Waals surface area contributed by atoms with Crippen LogP contribution < -0.4 is 14.5 Å². The van der Waals surface area contributed by atoms with Gasteiger partial charge in [0.15, 0.2) is 0 Å². The molecular formula is C35H43F2N5O4. The van der Waals surface area contributed by atoms with E-state index in [2.05, 4.69) is 14.7 Å². The number of aromatic nitrogens is 2. The summed E-state index contributed by atoms with van der Waals surface area (Å²) in [5.74, 6) is -0.744. The fourth-order valence-corrected chi connectivity index (χ4v) is 8.35. The molecule has 3 atom stereocenters. The van der Waals surface area contributed by atoms with Gasteiger partial charge in [-0.2, -0.15) is 9.97 Å². The molecule has 46 heavy (non-hydrogen) atoms. The van der Waals surface area contributed by atoms with Crippen LogP contribution in [0.2, 0.25) is 0 Å². The van der Waals surface area contributed by atoms with E-state index in [0.29, 0.717) is 76.4 Å². The molecule has 7 rings (SSSR count). The Morgan fingerprint density at radius 2 is 1.96 bits per heavy atom. The molecule has 0 bridgehead atoms. The van der Waals surface area contributed by atoms with Crippen LogP contribution in [0.5, 0.6) is 11.8 Å². The Labute approximate surface area is 268 Å². The Morgan fingerprint density at radius 3 is 2.78 bits per heavy atom. The molecule has 0 radical (unpaired) electrons. The zero-order chi connectivity index (χ0) is 32.0. The molecule has 4 aliphatic rings. The van der Waals surface area contributed by atoms with Crippen LogP contribution in [0.4, 0.5) is 20.3 Å². The first-order valence-electron chi connectivity index (χ1n) is 16.8. The number of benzene rings is 2. The minimum Gasteiger partial charge on any atom is -0.508 e. The molecule has 0 spiro atoms. The Kier molecular flexibility index (Phi) is 8.37. The molecule has 9 nitrogen and oxygen atoms in total. The second-order valence-electron chi connectivity index (χ2n) is 13.6. The van der Waals surface area contributed by atoms with Crippen molar-refractivity contribution in [3.05, 3.63) is 46.9 Å². The molecule has 0 aliphatic carbocycles. The quantitative estimate of drug-likeness (QED) is 0.342. The fraction of sp³-hybridized carbons (Fsp3) is 0.571. The lowest BCUT2D eigenvalue weighted by Gasteiger charge is -2.36. The molecule has 2 N–H and O–H groups in total. The zero-order valence-corrected chi connectivity index (χ0v) is 26.5. The fourth-order valence-electron chi connectivity index (χ4n) is 8.35. The number of phenols is 1. The number of anilines is 2. The van der Waals surface area contributed by atoms with Crippen LogP contribution in [0.3, 0.4) is 0 Å². The number of nitrogens with zero attached hydrogens (tertiary/aromatic N) is 5. The molecule has 3 saturated heterocycles. The number of aromatic hydroxyl groups is 1. The van der Waals surface area contributed by atoms with Crippen LogP contribution in [-0.2, 0) is 24.2 Å². The van der Waals surface area contributed by atoms with Crippen molar-refractivity contribution in [2.75, 3.05) is 49.1 Å². The summed E-state index contributed by atoms with van der Waals surface area (Å²) in [6, 6.07) is 6.73. The molecule has 4 aliphatic heterocycles. The molecule has 11 heteroatoms. The van der Waals surface area contributed by atoms with Gasteiger partial charge >= 0.3 is 12.0 Å². The van der Waals surface area contributed by atoms with E-state index < -0.39 is 18.1 Å². The first kappa shape index (κ1) is 30.9. The molecule has 0 amide bonds. The second-order valence-corrected chi connectivity index (χ2v) is 13.6. The summed E-state index contributed by atoms with van der Waals surface area (Å²) in [5, 5.41) is 22.2. The predicted octanol–water partition coefficient (Wildman–Crippen LogP) is 5.64. The lowest BCUT2D eigenvalue weighted by molar-refractivity contribution is -0.141. The number of carboxylic acids is 1. The van der Waals surface area contributed by atoms with E-state index in [1.165, 1.54) is 6.07 Å². The summed E-state index contributed by atoms with van der Waals surface area (Å²) in [6.45, 7) is 5.54. The van der Waals surface area contributed by atoms with E-state index in [9.17, 15) is 19.4 Å². The van der Waals surface area contributed by atoms with Gasteiger partial charge in [-0.3, -0.25) is 9.69 Å². The Balaban J connectivity index is 1.27. The number of ether oxygens (including phenoxy) is 1. The van der Waals surface area contributed by atoms with Gasteiger partial charge in [-0.15, -0.1) is 0 Å². The average Bonchev–Trinajstić information content (AvgIpc) is 3.54. The van der Waals surface area contributed by atoms with Crippen LogP contribution >= 0.6 is 0 Å². The van der Waals surface area contributed by atoms with Gasteiger partial charge in [0.05, 0.1) is 23.7 Å². The van der Waals surface area contributed by atoms with E-state index in [4.69, 9.17) is 14.7 Å². The van der Waals surface area contributed by atoms with E-state index in [-0.39, 0.29) is 23.1 Å². The second kappa shape index (κ2) is 12.5. The van der Waals surface area contributed by atoms with Gasteiger partial charge < -0.3 is 24.7 Å². The average molecular weight is 636 g/mol. The van der Waals surface area contributed by atoms with Gasteiger partial charge in [-0.1, -0.05) is 25.8 Å². The zero-order valence-electron chi connectivity index (χ0n) is 26.5. The highest BCUT2D eigenvalue weighted by molar-refractivity contribution is 5.98. The van der Waals surface area contributed by atoms with Crippen molar-refractivity contribution in [3.63, 3.8) is 0 Å². The summed E-state index contributed by atoms with van der Waals surface area (Å²) < 4.78 is 35.9. The van der Waals surface area contributed by atoms with Crippen molar-refractivity contribution < 1.29 is 28.5 Å². The number of carboxylic acid groups (broad SMARTS) is 1. The molecule has 2 aromatic carbocycles. The topological polar surface area (TPSA) is 102 Å². The minimum atomic E-state index is -0.874. The van der Waals surface area contributed by atoms with E-state index in [1.54, 1.807) is 18.2 Å². The van der Waals surface area contributed by atoms with Crippen LogP contribution in [0.1, 0.15) is 68.7 Å². The molecule has 0 saturated carbocycles. The third-order valence-electron chi connectivity index (χ3n) is 10.7. The van der Waals surface area contributed by atoms with Crippen molar-refractivity contribution in [2.45, 2.75) is 83.0 Å². The highest BCUT2D eigenvalue weighted by Gasteiger charge is 2.49. The molecule has 1 unspecified atom stereocenters. The van der Waals surface area contributed by atoms with E-state index in [1.807, 2.05) is 6.92 Å². The number of fused-ring (bicyclic) bond motifs is 3. The van der Waals surface area contributed by atoms with Gasteiger partial charge in [0.1, 0.15) is 30.2 Å². The summed E-state index contributed by atoms with van der Waals surface area (Å²) in [4.78, 5) is 28.5. The number of alkyl halides is 1. The standard InChI is InChI=1S/C35H43F2N5O4/c1-2-26-28(37)9-8-22-15-25(43)16-30(31(22)26)40-14-10-27-29(20-40)38-34(46-21-35-11-6-13-42(35)19-24(36)17-35)39-32(27)41-12-5-3-4-7-23(18-41)33(44)45/h8-9,15-16,23-24,43H,2-7,10-14,17-21H2,1H3,(H,44,45)/t23?,24-,35+/m1/s1. The highest BCUT2D eigenvalue weighted by Crippen LogP contribution is 2.42. The first-order valence-corrected chi connectivity index (χ1v) is 16.8. The SMILES string of the molecule is CCc1c(F)ccc2cc(O)cc(N3CCc4c(nc(OC[C@@]56CCCN5C[C@H](F)C6)nc4N4CCCCCC(C(=O)O)C4)C3)c12. The molecular weight excluding hydrogens is 592 g/mol. The predicted molar refractivity (Wildman–Crippen MR) is 172 cm³/mol. The number of aliphatic carboxylic acids is 1. The molecule has 246 valence electrons. The monoisotopic (exact) mass is 635 g/mol. The van der Waals surface area contributed by atoms with Gasteiger partial charge in [0, 0.05) is 55.3 Å². The highest BCUT2D eigenvalue weighted by atomic mass is 19.1. The van der Waals surface area contributed by atoms with E-state index in [0.717, 1.165) is 66.4 Å². The van der Waals surface area contributed by atoms with Crippen LogP contribution in [0, 0.1) is 11.7 Å². The number of halogens is 2.